The van der Waals surface area contributed by atoms with Crippen LogP contribution in [0.2, 0.25) is 5.02 Å². The molecule has 0 radical (unpaired) electrons. The van der Waals surface area contributed by atoms with Gasteiger partial charge in [-0.25, -0.2) is 9.11 Å². The fraction of sp³-hybridized carbons (Fsp3) is 0.571. The van der Waals surface area contributed by atoms with Gasteiger partial charge in [0.2, 0.25) is 0 Å². The van der Waals surface area contributed by atoms with Crippen molar-refractivity contribution in [1.82, 2.24) is 9.03 Å². The molecule has 4 nitrogen and oxygen atoms in total. The lowest BCUT2D eigenvalue weighted by Gasteiger charge is -2.33. The van der Waals surface area contributed by atoms with Crippen LogP contribution in [-0.2, 0) is 16.6 Å². The summed E-state index contributed by atoms with van der Waals surface area (Å²) in [5.41, 5.74) is 1.10. The Kier molecular flexibility index (Phi) is 3.98. The van der Waals surface area contributed by atoms with E-state index < -0.39 is 16.4 Å². The molecule has 7 heteroatoms. The highest BCUT2D eigenvalue weighted by molar-refractivity contribution is 7.87. The second-order valence-corrected chi connectivity index (χ2v) is 8.24. The second-order valence-electron chi connectivity index (χ2n) is 6.05. The van der Waals surface area contributed by atoms with Crippen LogP contribution in [0.25, 0.3) is 0 Å². The van der Waals surface area contributed by atoms with E-state index in [1.165, 1.54) is 0 Å². The SMILES string of the molecule is O=S(=O)(NCC1(Cc2cccc(Cl)c2)CC1)N1CC(F)C1. The number of hydrogen-bond donors (Lipinski definition) is 1. The summed E-state index contributed by atoms with van der Waals surface area (Å²) < 4.78 is 40.5. The van der Waals surface area contributed by atoms with E-state index in [2.05, 4.69) is 4.72 Å². The van der Waals surface area contributed by atoms with Crippen molar-refractivity contribution in [2.24, 2.45) is 5.41 Å². The van der Waals surface area contributed by atoms with Crippen molar-refractivity contribution < 1.29 is 12.8 Å². The molecule has 2 fully saturated rings. The first-order valence-electron chi connectivity index (χ1n) is 7.02. The third kappa shape index (κ3) is 3.56. The minimum absolute atomic E-state index is 0.0161. The van der Waals surface area contributed by atoms with E-state index in [1.807, 2.05) is 24.3 Å². The summed E-state index contributed by atoms with van der Waals surface area (Å²) in [7, 11) is -3.53. The molecule has 21 heavy (non-hydrogen) atoms. The molecule has 1 saturated heterocycles. The summed E-state index contributed by atoms with van der Waals surface area (Å²) in [5.74, 6) is 0. The van der Waals surface area contributed by atoms with E-state index >= 15 is 0 Å². The molecular formula is C14H18ClFN2O2S. The van der Waals surface area contributed by atoms with Gasteiger partial charge in [0.05, 0.1) is 0 Å². The number of nitrogens with zero attached hydrogens (tertiary/aromatic N) is 1. The van der Waals surface area contributed by atoms with E-state index in [1.54, 1.807) is 0 Å². The molecule has 2 aliphatic rings. The Morgan fingerprint density at radius 2 is 2.10 bits per heavy atom. The number of benzene rings is 1. The van der Waals surface area contributed by atoms with Crippen LogP contribution in [0.4, 0.5) is 4.39 Å². The average molecular weight is 333 g/mol. The quantitative estimate of drug-likeness (QED) is 0.867. The molecule has 0 atom stereocenters. The van der Waals surface area contributed by atoms with Gasteiger partial charge in [0.15, 0.2) is 0 Å². The van der Waals surface area contributed by atoms with Gasteiger partial charge < -0.3 is 0 Å². The number of alkyl halides is 1. The van der Waals surface area contributed by atoms with E-state index in [0.29, 0.717) is 11.6 Å². The maximum absolute atomic E-state index is 12.8. The summed E-state index contributed by atoms with van der Waals surface area (Å²) in [5, 5.41) is 0.693. The van der Waals surface area contributed by atoms with Gasteiger partial charge in [-0.3, -0.25) is 0 Å². The molecule has 0 spiro atoms. The molecule has 1 heterocycles. The molecule has 0 bridgehead atoms. The number of hydrogen-bond acceptors (Lipinski definition) is 2. The Bertz CT molecular complexity index is 628. The molecule has 0 amide bonds. The van der Waals surface area contributed by atoms with Crippen LogP contribution >= 0.6 is 11.6 Å². The highest BCUT2D eigenvalue weighted by atomic mass is 35.5. The van der Waals surface area contributed by atoms with Crippen LogP contribution in [0, 0.1) is 5.41 Å². The monoisotopic (exact) mass is 332 g/mol. The van der Waals surface area contributed by atoms with E-state index in [9.17, 15) is 12.8 Å². The number of nitrogens with one attached hydrogen (secondary N) is 1. The molecule has 1 aliphatic carbocycles. The third-order valence-electron chi connectivity index (χ3n) is 4.20. The van der Waals surface area contributed by atoms with Gasteiger partial charge in [0.25, 0.3) is 10.2 Å². The minimum Gasteiger partial charge on any atom is -0.245 e. The Labute approximate surface area is 129 Å². The average Bonchev–Trinajstić information content (AvgIpc) is 3.13. The van der Waals surface area contributed by atoms with E-state index in [4.69, 9.17) is 11.6 Å². The minimum atomic E-state index is -3.53. The molecular weight excluding hydrogens is 315 g/mol. The highest BCUT2D eigenvalue weighted by Crippen LogP contribution is 2.48. The normalized spacial score (nSPS) is 22.0. The van der Waals surface area contributed by atoms with Gasteiger partial charge in [0.1, 0.15) is 6.17 Å². The van der Waals surface area contributed by atoms with Crippen molar-refractivity contribution in [3.05, 3.63) is 34.9 Å². The van der Waals surface area contributed by atoms with Crippen LogP contribution in [0.5, 0.6) is 0 Å². The lowest BCUT2D eigenvalue weighted by molar-refractivity contribution is 0.139. The first-order valence-corrected chi connectivity index (χ1v) is 8.84. The van der Waals surface area contributed by atoms with E-state index in [-0.39, 0.29) is 18.5 Å². The lowest BCUT2D eigenvalue weighted by Crippen LogP contribution is -2.55. The van der Waals surface area contributed by atoms with Crippen LogP contribution in [0.3, 0.4) is 0 Å². The first-order chi connectivity index (χ1) is 9.89. The lowest BCUT2D eigenvalue weighted by atomic mass is 9.97. The predicted molar refractivity (Wildman–Crippen MR) is 80.2 cm³/mol. The molecule has 116 valence electrons. The van der Waals surface area contributed by atoms with Crippen molar-refractivity contribution in [1.29, 1.82) is 0 Å². The largest absolute Gasteiger partial charge is 0.279 e. The van der Waals surface area contributed by atoms with Gasteiger partial charge in [0, 0.05) is 24.7 Å². The Balaban J connectivity index is 1.57. The number of rotatable bonds is 6. The predicted octanol–water partition coefficient (Wildman–Crippen LogP) is 2.15. The van der Waals surface area contributed by atoms with Crippen LogP contribution in [-0.4, -0.2) is 38.5 Å². The fourth-order valence-corrected chi connectivity index (χ4v) is 4.19. The van der Waals surface area contributed by atoms with E-state index in [0.717, 1.165) is 29.1 Å². The standard InChI is InChI=1S/C14H18ClFN2O2S/c15-12-3-1-2-11(6-12)7-14(4-5-14)10-17-21(19,20)18-8-13(16)9-18/h1-3,6,13,17H,4-5,7-10H2. The van der Waals surface area contributed by atoms with Crippen LogP contribution < -0.4 is 4.72 Å². The van der Waals surface area contributed by atoms with Crippen molar-refractivity contribution >= 4 is 21.8 Å². The summed E-state index contributed by atoms with van der Waals surface area (Å²) in [6.07, 6.45) is 1.77. The molecule has 1 aliphatic heterocycles. The number of halogens is 2. The van der Waals surface area contributed by atoms with Gasteiger partial charge in [-0.15, -0.1) is 0 Å². The first kappa shape index (κ1) is 15.2. The highest BCUT2D eigenvalue weighted by Gasteiger charge is 2.44. The van der Waals surface area contributed by atoms with Gasteiger partial charge >= 0.3 is 0 Å². The topological polar surface area (TPSA) is 49.4 Å². The zero-order chi connectivity index (χ0) is 15.1. The molecule has 1 N–H and O–H groups in total. The summed E-state index contributed by atoms with van der Waals surface area (Å²) in [4.78, 5) is 0. The summed E-state index contributed by atoms with van der Waals surface area (Å²) in [6, 6.07) is 7.65. The molecule has 3 rings (SSSR count). The summed E-state index contributed by atoms with van der Waals surface area (Å²) >= 11 is 5.97. The Hall–Kier alpha value is -0.690. The molecule has 1 saturated carbocycles. The van der Waals surface area contributed by atoms with Crippen molar-refractivity contribution in [2.75, 3.05) is 19.6 Å². The molecule has 0 unspecified atom stereocenters. The van der Waals surface area contributed by atoms with Crippen molar-refractivity contribution in [3.63, 3.8) is 0 Å². The van der Waals surface area contributed by atoms with Gasteiger partial charge in [-0.2, -0.15) is 12.7 Å². The smallest absolute Gasteiger partial charge is 0.245 e. The van der Waals surface area contributed by atoms with Crippen molar-refractivity contribution in [3.8, 4) is 0 Å². The van der Waals surface area contributed by atoms with Gasteiger partial charge in [-0.1, -0.05) is 23.7 Å². The maximum atomic E-state index is 12.8. The van der Waals surface area contributed by atoms with Crippen LogP contribution in [0.1, 0.15) is 18.4 Å². The molecule has 1 aromatic carbocycles. The zero-order valence-corrected chi connectivity index (χ0v) is 13.1. The summed E-state index contributed by atoms with van der Waals surface area (Å²) in [6.45, 7) is 0.336. The van der Waals surface area contributed by atoms with Crippen molar-refractivity contribution in [2.45, 2.75) is 25.4 Å². The van der Waals surface area contributed by atoms with Gasteiger partial charge in [-0.05, 0) is 42.4 Å². The molecule has 1 aromatic rings. The maximum Gasteiger partial charge on any atom is 0.279 e. The zero-order valence-electron chi connectivity index (χ0n) is 11.6. The molecule has 0 aromatic heterocycles. The Morgan fingerprint density at radius 1 is 1.38 bits per heavy atom. The third-order valence-corrected chi connectivity index (χ3v) is 5.92. The fourth-order valence-electron chi connectivity index (χ4n) is 2.59. The second kappa shape index (κ2) is 5.50. The van der Waals surface area contributed by atoms with Crippen LogP contribution in [0.15, 0.2) is 24.3 Å². The Morgan fingerprint density at radius 3 is 2.67 bits per heavy atom.